The fraction of sp³-hybridized carbons (Fsp3) is 0.174. The number of hydrogen-bond donors (Lipinski definition) is 1. The molecule has 154 valence electrons. The van der Waals surface area contributed by atoms with Crippen molar-refractivity contribution in [2.45, 2.75) is 19.9 Å². The van der Waals surface area contributed by atoms with Gasteiger partial charge in [0.15, 0.2) is 11.5 Å². The molecular weight excluding hydrogens is 404 g/mol. The Morgan fingerprint density at radius 2 is 1.77 bits per heavy atom. The lowest BCUT2D eigenvalue weighted by Crippen LogP contribution is -2.30. The zero-order valence-corrected chi connectivity index (χ0v) is 17.6. The summed E-state index contributed by atoms with van der Waals surface area (Å²) < 4.78 is 10.6. The van der Waals surface area contributed by atoms with Crippen molar-refractivity contribution in [3.63, 3.8) is 0 Å². The third-order valence-electron chi connectivity index (χ3n) is 3.78. The zero-order valence-electron chi connectivity index (χ0n) is 16.8. The van der Waals surface area contributed by atoms with Gasteiger partial charge in [-0.2, -0.15) is 5.26 Å². The number of carbonyl (C=O) groups excluding carboxylic acids is 2. The van der Waals surface area contributed by atoms with Gasteiger partial charge in [0.1, 0.15) is 11.6 Å². The molecule has 2 aromatic rings. The normalized spacial score (nSPS) is 11.3. The van der Waals surface area contributed by atoms with E-state index in [2.05, 4.69) is 5.32 Å². The van der Waals surface area contributed by atoms with E-state index in [1.807, 2.05) is 6.07 Å². The number of ether oxygens (including phenoxy) is 2. The summed E-state index contributed by atoms with van der Waals surface area (Å²) in [6.07, 6.45) is 4.33. The van der Waals surface area contributed by atoms with E-state index in [1.54, 1.807) is 56.3 Å². The van der Waals surface area contributed by atoms with Gasteiger partial charge in [-0.3, -0.25) is 4.79 Å². The van der Waals surface area contributed by atoms with Gasteiger partial charge in [-0.25, -0.2) is 4.79 Å². The SMILES string of the molecule is COc1cc(/C=C(\C#N)C(=O)NC(C)C)ccc1OC(=O)/C=C/c1ccc(Cl)cc1. The Hall–Kier alpha value is -3.56. The molecule has 0 saturated heterocycles. The lowest BCUT2D eigenvalue weighted by atomic mass is 10.1. The summed E-state index contributed by atoms with van der Waals surface area (Å²) in [6, 6.07) is 13.5. The molecule has 7 heteroatoms. The van der Waals surface area contributed by atoms with Gasteiger partial charge < -0.3 is 14.8 Å². The lowest BCUT2D eigenvalue weighted by molar-refractivity contribution is -0.129. The molecule has 0 aromatic heterocycles. The predicted octanol–water partition coefficient (Wildman–Crippen LogP) is 4.40. The Balaban J connectivity index is 2.16. The highest BCUT2D eigenvalue weighted by Crippen LogP contribution is 2.29. The Morgan fingerprint density at radius 1 is 1.10 bits per heavy atom. The van der Waals surface area contributed by atoms with E-state index < -0.39 is 11.9 Å². The van der Waals surface area contributed by atoms with Gasteiger partial charge in [-0.15, -0.1) is 0 Å². The van der Waals surface area contributed by atoms with Gasteiger partial charge in [0, 0.05) is 17.1 Å². The molecule has 2 rings (SSSR count). The Bertz CT molecular complexity index is 1020. The monoisotopic (exact) mass is 424 g/mol. The molecule has 0 atom stereocenters. The summed E-state index contributed by atoms with van der Waals surface area (Å²) in [6.45, 7) is 3.61. The van der Waals surface area contributed by atoms with Crippen molar-refractivity contribution in [3.8, 4) is 17.6 Å². The van der Waals surface area contributed by atoms with E-state index in [4.69, 9.17) is 21.1 Å². The Kier molecular flexibility index (Phi) is 8.21. The van der Waals surface area contributed by atoms with Crippen LogP contribution in [0.4, 0.5) is 0 Å². The summed E-state index contributed by atoms with van der Waals surface area (Å²) in [5.74, 6) is -0.543. The van der Waals surface area contributed by atoms with Gasteiger partial charge in [0.05, 0.1) is 7.11 Å². The first-order valence-electron chi connectivity index (χ1n) is 9.08. The molecule has 0 bridgehead atoms. The van der Waals surface area contributed by atoms with Crippen LogP contribution in [0.3, 0.4) is 0 Å². The summed E-state index contributed by atoms with van der Waals surface area (Å²) in [5, 5.41) is 12.5. The number of halogens is 1. The van der Waals surface area contributed by atoms with Crippen LogP contribution in [-0.4, -0.2) is 25.0 Å². The molecule has 2 aromatic carbocycles. The second-order valence-electron chi connectivity index (χ2n) is 6.51. The number of nitriles is 1. The van der Waals surface area contributed by atoms with Crippen molar-refractivity contribution in [3.05, 3.63) is 70.3 Å². The molecule has 30 heavy (non-hydrogen) atoms. The summed E-state index contributed by atoms with van der Waals surface area (Å²) in [4.78, 5) is 24.2. The first-order valence-corrected chi connectivity index (χ1v) is 9.46. The molecule has 1 N–H and O–H groups in total. The number of rotatable bonds is 7. The molecule has 0 aliphatic carbocycles. The van der Waals surface area contributed by atoms with E-state index in [0.29, 0.717) is 16.3 Å². The van der Waals surface area contributed by atoms with Crippen molar-refractivity contribution in [2.75, 3.05) is 7.11 Å². The number of methoxy groups -OCH3 is 1. The maximum atomic E-state index is 12.1. The van der Waals surface area contributed by atoms with E-state index in [1.165, 1.54) is 25.3 Å². The molecule has 0 spiro atoms. The number of hydrogen-bond acceptors (Lipinski definition) is 5. The van der Waals surface area contributed by atoms with Crippen LogP contribution >= 0.6 is 11.6 Å². The quantitative estimate of drug-likeness (QED) is 0.308. The topological polar surface area (TPSA) is 88.4 Å². The Labute approximate surface area is 180 Å². The molecule has 0 aliphatic rings. The van der Waals surface area contributed by atoms with E-state index in [-0.39, 0.29) is 17.4 Å². The minimum atomic E-state index is -0.583. The van der Waals surface area contributed by atoms with Crippen molar-refractivity contribution < 1.29 is 19.1 Å². The molecule has 1 amide bonds. The van der Waals surface area contributed by atoms with Gasteiger partial charge in [-0.1, -0.05) is 29.8 Å². The van der Waals surface area contributed by atoms with Crippen molar-refractivity contribution >= 4 is 35.6 Å². The number of esters is 1. The van der Waals surface area contributed by atoms with Crippen LogP contribution in [-0.2, 0) is 9.59 Å². The van der Waals surface area contributed by atoms with Gasteiger partial charge in [-0.05, 0) is 61.4 Å². The van der Waals surface area contributed by atoms with E-state index >= 15 is 0 Å². The van der Waals surface area contributed by atoms with Gasteiger partial charge in [0.2, 0.25) is 0 Å². The molecule has 0 saturated carbocycles. The number of nitrogens with one attached hydrogen (secondary N) is 1. The molecule has 0 fully saturated rings. The maximum absolute atomic E-state index is 12.1. The van der Waals surface area contributed by atoms with Crippen molar-refractivity contribution in [1.29, 1.82) is 5.26 Å². The van der Waals surface area contributed by atoms with Gasteiger partial charge >= 0.3 is 5.97 Å². The molecular formula is C23H21ClN2O4. The first-order chi connectivity index (χ1) is 14.3. The summed E-state index contributed by atoms with van der Waals surface area (Å²) in [7, 11) is 1.43. The van der Waals surface area contributed by atoms with E-state index in [9.17, 15) is 14.9 Å². The van der Waals surface area contributed by atoms with Crippen LogP contribution in [0.1, 0.15) is 25.0 Å². The second-order valence-corrected chi connectivity index (χ2v) is 6.95. The van der Waals surface area contributed by atoms with Crippen LogP contribution in [0.15, 0.2) is 54.1 Å². The molecule has 0 radical (unpaired) electrons. The van der Waals surface area contributed by atoms with E-state index in [0.717, 1.165) is 5.56 Å². The second kappa shape index (κ2) is 10.8. The summed E-state index contributed by atoms with van der Waals surface area (Å²) >= 11 is 5.83. The first kappa shape index (κ1) is 22.7. The lowest BCUT2D eigenvalue weighted by Gasteiger charge is -2.10. The number of carbonyl (C=O) groups is 2. The Morgan fingerprint density at radius 3 is 2.37 bits per heavy atom. The fourth-order valence-electron chi connectivity index (χ4n) is 2.39. The zero-order chi connectivity index (χ0) is 22.1. The molecule has 0 unspecified atom stereocenters. The summed E-state index contributed by atoms with van der Waals surface area (Å²) in [5.41, 5.74) is 1.31. The van der Waals surface area contributed by atoms with Crippen LogP contribution in [0.25, 0.3) is 12.2 Å². The number of benzene rings is 2. The van der Waals surface area contributed by atoms with Crippen LogP contribution in [0, 0.1) is 11.3 Å². The average Bonchev–Trinajstić information content (AvgIpc) is 2.71. The highest BCUT2D eigenvalue weighted by molar-refractivity contribution is 6.30. The minimum absolute atomic E-state index is 0.0404. The van der Waals surface area contributed by atoms with Crippen LogP contribution in [0.5, 0.6) is 11.5 Å². The average molecular weight is 425 g/mol. The fourth-order valence-corrected chi connectivity index (χ4v) is 2.52. The van der Waals surface area contributed by atoms with Crippen molar-refractivity contribution in [1.82, 2.24) is 5.32 Å². The standard InChI is InChI=1S/C23H21ClN2O4/c1-15(2)26-23(28)18(14-25)12-17-6-10-20(21(13-17)29-3)30-22(27)11-7-16-4-8-19(24)9-5-16/h4-13,15H,1-3H3,(H,26,28)/b11-7+,18-12+. The third kappa shape index (κ3) is 6.80. The molecule has 0 aliphatic heterocycles. The minimum Gasteiger partial charge on any atom is -0.493 e. The highest BCUT2D eigenvalue weighted by atomic mass is 35.5. The van der Waals surface area contributed by atoms with Crippen molar-refractivity contribution in [2.24, 2.45) is 0 Å². The molecule has 0 heterocycles. The molecule has 6 nitrogen and oxygen atoms in total. The number of nitrogens with zero attached hydrogens (tertiary/aromatic N) is 1. The highest BCUT2D eigenvalue weighted by Gasteiger charge is 2.12. The third-order valence-corrected chi connectivity index (χ3v) is 4.03. The van der Waals surface area contributed by atoms with Crippen LogP contribution < -0.4 is 14.8 Å². The largest absolute Gasteiger partial charge is 0.493 e. The van der Waals surface area contributed by atoms with Crippen LogP contribution in [0.2, 0.25) is 5.02 Å². The predicted molar refractivity (Wildman–Crippen MR) is 116 cm³/mol. The number of amides is 1. The van der Waals surface area contributed by atoms with Gasteiger partial charge in [0.25, 0.3) is 5.91 Å². The maximum Gasteiger partial charge on any atom is 0.336 e. The smallest absolute Gasteiger partial charge is 0.336 e.